The first-order chi connectivity index (χ1) is 9.36. The smallest absolute Gasteiger partial charge is 0.267 e. The van der Waals surface area contributed by atoms with Crippen LogP contribution in [0.4, 0.5) is 0 Å². The first-order valence-electron chi connectivity index (χ1n) is 5.62. The van der Waals surface area contributed by atoms with Gasteiger partial charge in [0.2, 0.25) is 0 Å². The Bertz CT molecular complexity index is 255. The molecule has 11 heteroatoms. The highest BCUT2D eigenvalue weighted by atomic mass is 35.5. The summed E-state index contributed by atoms with van der Waals surface area (Å²) in [4.78, 5) is 0. The van der Waals surface area contributed by atoms with E-state index in [-0.39, 0.29) is 36.9 Å². The Balaban J connectivity index is 4.69. The van der Waals surface area contributed by atoms with E-state index in [1.165, 1.54) is 0 Å². The lowest BCUT2D eigenvalue weighted by molar-refractivity contribution is 0.0833. The lowest BCUT2D eigenvalue weighted by Crippen LogP contribution is -2.15. The molecule has 0 N–H and O–H groups in total. The fourth-order valence-corrected chi connectivity index (χ4v) is 4.35. The van der Waals surface area contributed by atoms with Gasteiger partial charge in [-0.2, -0.15) is 0 Å². The van der Waals surface area contributed by atoms with Gasteiger partial charge < -0.3 is 0 Å². The number of phosphoric ester groups is 1. The molecule has 0 aliphatic rings. The molecule has 0 radical (unpaired) electrons. The van der Waals surface area contributed by atoms with Crippen molar-refractivity contribution in [2.75, 3.05) is 17.6 Å². The van der Waals surface area contributed by atoms with E-state index in [0.29, 0.717) is 0 Å². The van der Waals surface area contributed by atoms with E-state index in [1.807, 2.05) is 0 Å². The highest BCUT2D eigenvalue weighted by molar-refractivity contribution is 7.48. The summed E-state index contributed by atoms with van der Waals surface area (Å²) < 4.78 is 27.6. The van der Waals surface area contributed by atoms with Crippen molar-refractivity contribution in [2.45, 2.75) is 36.0 Å². The molecule has 0 aromatic rings. The predicted octanol–water partition coefficient (Wildman–Crippen LogP) is 5.73. The number of hydrogen-bond donors (Lipinski definition) is 0. The molecule has 0 aromatic heterocycles. The van der Waals surface area contributed by atoms with Crippen molar-refractivity contribution in [1.82, 2.24) is 0 Å². The molecule has 122 valence electrons. The van der Waals surface area contributed by atoms with Gasteiger partial charge in [-0.15, -0.1) is 34.8 Å². The molecule has 0 amide bonds. The molecular weight excluding hydrogens is 416 g/mol. The van der Waals surface area contributed by atoms with Crippen molar-refractivity contribution in [2.24, 2.45) is 0 Å². The molecule has 0 spiro atoms. The van der Waals surface area contributed by atoms with Gasteiger partial charge in [-0.05, 0) is 0 Å². The molecule has 0 fully saturated rings. The minimum atomic E-state index is -4.05. The van der Waals surface area contributed by atoms with Crippen molar-refractivity contribution >= 4 is 77.4 Å². The van der Waals surface area contributed by atoms with E-state index in [2.05, 4.69) is 0 Å². The lowest BCUT2D eigenvalue weighted by Gasteiger charge is -2.24. The SMILES string of the molecule is O=P(O[C@H](Cl)CCCl)(O[C@@H](Cl)CCCl)O[C@@H](Cl)CCCl. The minimum absolute atomic E-state index is 0.214. The van der Waals surface area contributed by atoms with E-state index in [4.69, 9.17) is 83.2 Å². The van der Waals surface area contributed by atoms with Crippen molar-refractivity contribution in [3.63, 3.8) is 0 Å². The molecule has 0 aromatic carbocycles. The topological polar surface area (TPSA) is 44.8 Å². The summed E-state index contributed by atoms with van der Waals surface area (Å²) in [5.41, 5.74) is -2.88. The third-order valence-corrected chi connectivity index (χ3v) is 5.23. The largest absolute Gasteiger partial charge is 0.479 e. The second-order valence-electron chi connectivity index (χ2n) is 3.43. The Labute approximate surface area is 148 Å². The van der Waals surface area contributed by atoms with Crippen LogP contribution in [0.1, 0.15) is 19.3 Å². The Morgan fingerprint density at radius 2 is 0.950 bits per heavy atom. The maximum atomic E-state index is 12.4. The van der Waals surface area contributed by atoms with E-state index in [0.717, 1.165) is 0 Å². The van der Waals surface area contributed by atoms with Gasteiger partial charge in [0.1, 0.15) is 16.7 Å². The summed E-state index contributed by atoms with van der Waals surface area (Å²) in [5, 5.41) is 0. The third kappa shape index (κ3) is 10.6. The predicted molar refractivity (Wildman–Crippen MR) is 85.8 cm³/mol. The fraction of sp³-hybridized carbons (Fsp3) is 1.00. The van der Waals surface area contributed by atoms with Crippen LogP contribution in [0.5, 0.6) is 0 Å². The number of alkyl halides is 6. The molecule has 4 nitrogen and oxygen atoms in total. The van der Waals surface area contributed by atoms with Crippen molar-refractivity contribution < 1.29 is 18.1 Å². The molecule has 0 rings (SSSR count). The van der Waals surface area contributed by atoms with Crippen LogP contribution in [0.2, 0.25) is 0 Å². The highest BCUT2D eigenvalue weighted by Gasteiger charge is 2.35. The number of halogens is 6. The summed E-state index contributed by atoms with van der Waals surface area (Å²) in [6.45, 7) is 0. The molecule has 0 aliphatic heterocycles. The molecule has 0 saturated carbocycles. The van der Waals surface area contributed by atoms with Crippen LogP contribution in [0.3, 0.4) is 0 Å². The third-order valence-electron chi connectivity index (χ3n) is 1.74. The summed E-state index contributed by atoms with van der Waals surface area (Å²) in [6, 6.07) is 0. The first-order valence-corrected chi connectivity index (χ1v) is 9.99. The van der Waals surface area contributed by atoms with Crippen molar-refractivity contribution in [3.05, 3.63) is 0 Å². The van der Waals surface area contributed by atoms with Gasteiger partial charge in [0.05, 0.1) is 0 Å². The van der Waals surface area contributed by atoms with Gasteiger partial charge in [-0.25, -0.2) is 4.57 Å². The van der Waals surface area contributed by atoms with Crippen LogP contribution in [0.25, 0.3) is 0 Å². The average molecular weight is 431 g/mol. The van der Waals surface area contributed by atoms with Gasteiger partial charge >= 0.3 is 7.82 Å². The molecule has 0 heterocycles. The summed E-state index contributed by atoms with van der Waals surface area (Å²) in [7, 11) is -4.05. The first kappa shape index (κ1) is 21.9. The standard InChI is InChI=1S/C9H15Cl6O4P/c10-4-1-7(13)17-20(16,18-8(14)2-5-11)19-9(15)3-6-12/h7-9H,1-6H2/t7-,8-,9+/m1/s1. The van der Waals surface area contributed by atoms with Gasteiger partial charge in [0.15, 0.2) is 0 Å². The average Bonchev–Trinajstić information content (AvgIpc) is 2.28. The lowest BCUT2D eigenvalue weighted by atomic mass is 10.5. The molecule has 0 aliphatic carbocycles. The Morgan fingerprint density at radius 3 is 1.15 bits per heavy atom. The van der Waals surface area contributed by atoms with E-state index in [9.17, 15) is 4.57 Å². The van der Waals surface area contributed by atoms with Crippen LogP contribution in [-0.4, -0.2) is 34.3 Å². The number of hydrogen-bond acceptors (Lipinski definition) is 4. The molecule has 0 unspecified atom stereocenters. The van der Waals surface area contributed by atoms with Crippen LogP contribution in [0.15, 0.2) is 0 Å². The van der Waals surface area contributed by atoms with Crippen molar-refractivity contribution in [1.29, 1.82) is 0 Å². The Kier molecular flexibility index (Phi) is 13.4. The molecule has 3 atom stereocenters. The van der Waals surface area contributed by atoms with Gasteiger partial charge in [-0.1, -0.05) is 34.8 Å². The van der Waals surface area contributed by atoms with Crippen LogP contribution in [-0.2, 0) is 18.1 Å². The second kappa shape index (κ2) is 12.3. The Morgan fingerprint density at radius 1 is 0.700 bits per heavy atom. The minimum Gasteiger partial charge on any atom is -0.267 e. The van der Waals surface area contributed by atoms with E-state index >= 15 is 0 Å². The summed E-state index contributed by atoms with van der Waals surface area (Å²) in [6.07, 6.45) is 0.722. The van der Waals surface area contributed by atoms with Crippen LogP contribution < -0.4 is 0 Å². The van der Waals surface area contributed by atoms with Gasteiger partial charge in [0.25, 0.3) is 0 Å². The monoisotopic (exact) mass is 428 g/mol. The summed E-state index contributed by atoms with van der Waals surface area (Å²) in [5.74, 6) is 0.643. The summed E-state index contributed by atoms with van der Waals surface area (Å²) >= 11 is 34.0. The maximum absolute atomic E-state index is 12.4. The Hall–Kier alpha value is 1.85. The number of rotatable bonds is 12. The van der Waals surface area contributed by atoms with E-state index in [1.54, 1.807) is 0 Å². The molecule has 0 saturated heterocycles. The molecule has 20 heavy (non-hydrogen) atoms. The second-order valence-corrected chi connectivity index (χ2v) is 7.55. The fourth-order valence-electron chi connectivity index (χ4n) is 0.910. The maximum Gasteiger partial charge on any atom is 0.479 e. The van der Waals surface area contributed by atoms with E-state index < -0.39 is 24.5 Å². The zero-order chi connectivity index (χ0) is 15.6. The van der Waals surface area contributed by atoms with Crippen LogP contribution >= 0.6 is 77.4 Å². The van der Waals surface area contributed by atoms with Crippen molar-refractivity contribution in [3.8, 4) is 0 Å². The molecular formula is C9H15Cl6O4P. The van der Waals surface area contributed by atoms with Crippen LogP contribution in [0, 0.1) is 0 Å². The zero-order valence-corrected chi connectivity index (χ0v) is 15.8. The highest BCUT2D eigenvalue weighted by Crippen LogP contribution is 2.55. The normalized spacial score (nSPS) is 16.9. The molecule has 0 bridgehead atoms. The van der Waals surface area contributed by atoms with Gasteiger partial charge in [-0.3, -0.25) is 13.6 Å². The number of phosphoric acid groups is 1. The zero-order valence-electron chi connectivity index (χ0n) is 10.3. The van der Waals surface area contributed by atoms with Gasteiger partial charge in [0, 0.05) is 36.9 Å². The quantitative estimate of drug-likeness (QED) is 0.293.